The van der Waals surface area contributed by atoms with Crippen LogP contribution < -0.4 is 5.32 Å². The van der Waals surface area contributed by atoms with Gasteiger partial charge in [-0.3, -0.25) is 4.79 Å². The number of aromatic nitrogens is 4. The number of hydrogen-bond acceptors (Lipinski definition) is 5. The van der Waals surface area contributed by atoms with E-state index in [1.54, 1.807) is 0 Å². The summed E-state index contributed by atoms with van der Waals surface area (Å²) in [4.78, 5) is 11.9. The van der Waals surface area contributed by atoms with Crippen molar-refractivity contribution in [3.8, 4) is 0 Å². The SMILES string of the molecule is CC(C)CNC(=O)C(C)Sc1nnnn1C1CC1. The first-order valence-corrected chi connectivity index (χ1v) is 7.18. The lowest BCUT2D eigenvalue weighted by molar-refractivity contribution is -0.120. The van der Waals surface area contributed by atoms with Crippen LogP contribution in [0, 0.1) is 5.92 Å². The van der Waals surface area contributed by atoms with E-state index in [1.807, 2.05) is 11.6 Å². The molecular weight excluding hydrogens is 250 g/mol. The Morgan fingerprint density at radius 3 is 2.83 bits per heavy atom. The third-order valence-corrected chi connectivity index (χ3v) is 3.74. The summed E-state index contributed by atoms with van der Waals surface area (Å²) >= 11 is 1.42. The van der Waals surface area contributed by atoms with Crippen molar-refractivity contribution in [1.29, 1.82) is 0 Å². The number of carbonyl (C=O) groups excluding carboxylic acids is 1. The predicted molar refractivity (Wildman–Crippen MR) is 69.3 cm³/mol. The third-order valence-electron chi connectivity index (χ3n) is 2.69. The van der Waals surface area contributed by atoms with E-state index in [1.165, 1.54) is 11.8 Å². The van der Waals surface area contributed by atoms with Gasteiger partial charge in [-0.1, -0.05) is 25.6 Å². The minimum absolute atomic E-state index is 0.0408. The first kappa shape index (κ1) is 13.3. The lowest BCUT2D eigenvalue weighted by Crippen LogP contribution is -2.33. The van der Waals surface area contributed by atoms with Gasteiger partial charge in [0.1, 0.15) is 0 Å². The van der Waals surface area contributed by atoms with Crippen LogP contribution in [0.3, 0.4) is 0 Å². The van der Waals surface area contributed by atoms with Crippen molar-refractivity contribution in [2.45, 2.75) is 50.1 Å². The van der Waals surface area contributed by atoms with Crippen LogP contribution in [0.15, 0.2) is 5.16 Å². The average molecular weight is 269 g/mol. The summed E-state index contributed by atoms with van der Waals surface area (Å²) in [6, 6.07) is 0.438. The van der Waals surface area contributed by atoms with E-state index in [2.05, 4.69) is 34.7 Å². The third kappa shape index (κ3) is 3.44. The summed E-state index contributed by atoms with van der Waals surface area (Å²) in [5, 5.41) is 15.1. The predicted octanol–water partition coefficient (Wildman–Crippen LogP) is 1.26. The molecule has 100 valence electrons. The summed E-state index contributed by atoms with van der Waals surface area (Å²) < 4.78 is 1.83. The summed E-state index contributed by atoms with van der Waals surface area (Å²) in [6.45, 7) is 6.74. The molecule has 1 heterocycles. The molecule has 1 unspecified atom stereocenters. The first-order chi connectivity index (χ1) is 8.58. The Hall–Kier alpha value is -1.11. The molecule has 18 heavy (non-hydrogen) atoms. The smallest absolute Gasteiger partial charge is 0.233 e. The van der Waals surface area contributed by atoms with Crippen LogP contribution in [0.5, 0.6) is 0 Å². The number of nitrogens with one attached hydrogen (secondary N) is 1. The van der Waals surface area contributed by atoms with Crippen molar-refractivity contribution in [2.24, 2.45) is 5.92 Å². The Morgan fingerprint density at radius 2 is 2.22 bits per heavy atom. The van der Waals surface area contributed by atoms with E-state index < -0.39 is 0 Å². The molecule has 1 aliphatic rings. The number of nitrogens with zero attached hydrogens (tertiary/aromatic N) is 4. The van der Waals surface area contributed by atoms with Gasteiger partial charge in [-0.2, -0.15) is 0 Å². The topological polar surface area (TPSA) is 72.7 Å². The molecule has 0 aliphatic heterocycles. The summed E-state index contributed by atoms with van der Waals surface area (Å²) in [5.74, 6) is 0.502. The zero-order valence-corrected chi connectivity index (χ0v) is 11.8. The maximum Gasteiger partial charge on any atom is 0.233 e. The van der Waals surface area contributed by atoms with Gasteiger partial charge < -0.3 is 5.32 Å². The van der Waals surface area contributed by atoms with Crippen molar-refractivity contribution in [3.63, 3.8) is 0 Å². The Bertz CT molecular complexity index is 415. The van der Waals surface area contributed by atoms with E-state index in [0.717, 1.165) is 18.0 Å². The summed E-state index contributed by atoms with van der Waals surface area (Å²) in [6.07, 6.45) is 2.26. The Morgan fingerprint density at radius 1 is 1.50 bits per heavy atom. The standard InChI is InChI=1S/C11H19N5OS/c1-7(2)6-12-10(17)8(3)18-11-13-14-15-16(11)9-4-5-9/h7-9H,4-6H2,1-3H3,(H,12,17). The van der Waals surface area contributed by atoms with Gasteiger partial charge >= 0.3 is 0 Å². The van der Waals surface area contributed by atoms with Crippen LogP contribution in [0.2, 0.25) is 0 Å². The molecule has 0 aromatic carbocycles. The van der Waals surface area contributed by atoms with E-state index in [9.17, 15) is 4.79 Å². The molecule has 1 N–H and O–H groups in total. The molecule has 0 spiro atoms. The molecule has 1 amide bonds. The normalized spacial score (nSPS) is 16.9. The highest BCUT2D eigenvalue weighted by molar-refractivity contribution is 8.00. The average Bonchev–Trinajstić information content (AvgIpc) is 3.07. The highest BCUT2D eigenvalue weighted by atomic mass is 32.2. The van der Waals surface area contributed by atoms with Crippen LogP contribution >= 0.6 is 11.8 Å². The molecule has 1 atom stereocenters. The lowest BCUT2D eigenvalue weighted by Gasteiger charge is -2.12. The van der Waals surface area contributed by atoms with E-state index in [0.29, 0.717) is 18.5 Å². The number of amides is 1. The highest BCUT2D eigenvalue weighted by Gasteiger charge is 2.29. The number of tetrazole rings is 1. The molecule has 2 rings (SSSR count). The molecular formula is C11H19N5OS. The Labute approximate surface area is 111 Å². The van der Waals surface area contributed by atoms with Gasteiger partial charge in [0.2, 0.25) is 11.1 Å². The number of rotatable bonds is 6. The van der Waals surface area contributed by atoms with E-state index in [-0.39, 0.29) is 11.2 Å². The minimum atomic E-state index is -0.174. The maximum atomic E-state index is 11.9. The monoisotopic (exact) mass is 269 g/mol. The number of hydrogen-bond donors (Lipinski definition) is 1. The molecule has 0 saturated heterocycles. The van der Waals surface area contributed by atoms with Crippen LogP contribution in [0.4, 0.5) is 0 Å². The van der Waals surface area contributed by atoms with Gasteiger partial charge in [0.25, 0.3) is 0 Å². The fraction of sp³-hybridized carbons (Fsp3) is 0.818. The molecule has 1 aromatic rings. The molecule has 1 fully saturated rings. The van der Waals surface area contributed by atoms with Crippen LogP contribution in [0.25, 0.3) is 0 Å². The Kier molecular flexibility index (Phi) is 4.21. The molecule has 6 nitrogen and oxygen atoms in total. The van der Waals surface area contributed by atoms with Gasteiger partial charge in [-0.05, 0) is 36.1 Å². The summed E-state index contributed by atoms with van der Waals surface area (Å²) in [5.41, 5.74) is 0. The fourth-order valence-corrected chi connectivity index (χ4v) is 2.36. The molecule has 0 radical (unpaired) electrons. The molecule has 7 heteroatoms. The van der Waals surface area contributed by atoms with Crippen molar-refractivity contribution in [3.05, 3.63) is 0 Å². The minimum Gasteiger partial charge on any atom is -0.355 e. The second-order valence-electron chi connectivity index (χ2n) is 5.04. The highest BCUT2D eigenvalue weighted by Crippen LogP contribution is 2.37. The quantitative estimate of drug-likeness (QED) is 0.787. The Balaban J connectivity index is 1.87. The van der Waals surface area contributed by atoms with E-state index >= 15 is 0 Å². The van der Waals surface area contributed by atoms with Gasteiger partial charge in [0, 0.05) is 6.54 Å². The molecule has 1 saturated carbocycles. The largest absolute Gasteiger partial charge is 0.355 e. The van der Waals surface area contributed by atoms with Crippen molar-refractivity contribution < 1.29 is 4.79 Å². The second-order valence-corrected chi connectivity index (χ2v) is 6.34. The fourth-order valence-electron chi connectivity index (χ4n) is 1.47. The van der Waals surface area contributed by atoms with Gasteiger partial charge in [0.05, 0.1) is 11.3 Å². The van der Waals surface area contributed by atoms with Gasteiger partial charge in [-0.15, -0.1) is 5.10 Å². The molecule has 1 aromatic heterocycles. The van der Waals surface area contributed by atoms with Gasteiger partial charge in [0.15, 0.2) is 0 Å². The van der Waals surface area contributed by atoms with Gasteiger partial charge in [-0.25, -0.2) is 4.68 Å². The van der Waals surface area contributed by atoms with Crippen LogP contribution in [-0.2, 0) is 4.79 Å². The van der Waals surface area contributed by atoms with Crippen molar-refractivity contribution in [2.75, 3.05) is 6.54 Å². The van der Waals surface area contributed by atoms with Crippen molar-refractivity contribution in [1.82, 2.24) is 25.5 Å². The number of carbonyl (C=O) groups is 1. The van der Waals surface area contributed by atoms with E-state index in [4.69, 9.17) is 0 Å². The first-order valence-electron chi connectivity index (χ1n) is 6.30. The van der Waals surface area contributed by atoms with Crippen LogP contribution in [0.1, 0.15) is 39.7 Å². The maximum absolute atomic E-state index is 11.9. The molecule has 1 aliphatic carbocycles. The molecule has 0 bridgehead atoms. The second kappa shape index (κ2) is 5.69. The van der Waals surface area contributed by atoms with Crippen molar-refractivity contribution >= 4 is 17.7 Å². The zero-order chi connectivity index (χ0) is 13.1. The van der Waals surface area contributed by atoms with Crippen LogP contribution in [-0.4, -0.2) is 37.9 Å². The zero-order valence-electron chi connectivity index (χ0n) is 11.0. The number of thioether (sulfide) groups is 1. The summed E-state index contributed by atoms with van der Waals surface area (Å²) in [7, 11) is 0. The lowest BCUT2D eigenvalue weighted by atomic mass is 10.2.